The van der Waals surface area contributed by atoms with Gasteiger partial charge in [0.1, 0.15) is 12.6 Å². The molecule has 0 N–H and O–H groups in total. The predicted octanol–water partition coefficient (Wildman–Crippen LogP) is 2.00. The molecule has 17 heavy (non-hydrogen) atoms. The van der Waals surface area contributed by atoms with Gasteiger partial charge in [-0.1, -0.05) is 24.0 Å². The van der Waals surface area contributed by atoms with Gasteiger partial charge in [0, 0.05) is 23.5 Å². The summed E-state index contributed by atoms with van der Waals surface area (Å²) in [5.41, 5.74) is 3.27. The summed E-state index contributed by atoms with van der Waals surface area (Å²) in [7, 11) is 0. The van der Waals surface area contributed by atoms with Crippen molar-refractivity contribution in [1.29, 1.82) is 0 Å². The van der Waals surface area contributed by atoms with Gasteiger partial charge in [-0.3, -0.25) is 4.79 Å². The molecule has 1 aromatic carbocycles. The van der Waals surface area contributed by atoms with Gasteiger partial charge >= 0.3 is 0 Å². The maximum Gasteiger partial charge on any atom is 0.150 e. The lowest BCUT2D eigenvalue weighted by Gasteiger charge is -1.98. The van der Waals surface area contributed by atoms with Crippen LogP contribution in [-0.2, 0) is 0 Å². The number of carbonyl (C=O) groups is 1. The number of hydrogen-bond acceptors (Lipinski definition) is 3. The van der Waals surface area contributed by atoms with Gasteiger partial charge in [-0.15, -0.1) is 0 Å². The molecular weight excluding hydrogens is 212 g/mol. The van der Waals surface area contributed by atoms with E-state index in [1.807, 2.05) is 13.0 Å². The fourth-order valence-electron chi connectivity index (χ4n) is 1.35. The summed E-state index contributed by atoms with van der Waals surface area (Å²) >= 11 is 0. The summed E-state index contributed by atoms with van der Waals surface area (Å²) in [5.74, 6) is 5.98. The van der Waals surface area contributed by atoms with Gasteiger partial charge in [0.05, 0.1) is 5.56 Å². The van der Waals surface area contributed by atoms with Crippen molar-refractivity contribution in [3.63, 3.8) is 0 Å². The number of aryl methyl sites for hydroxylation is 1. The van der Waals surface area contributed by atoms with Gasteiger partial charge in [0.15, 0.2) is 0 Å². The van der Waals surface area contributed by atoms with E-state index in [-0.39, 0.29) is 0 Å². The van der Waals surface area contributed by atoms with Crippen molar-refractivity contribution < 1.29 is 4.79 Å². The van der Waals surface area contributed by atoms with Crippen LogP contribution in [0.25, 0.3) is 0 Å². The quantitative estimate of drug-likeness (QED) is 0.547. The molecule has 0 aliphatic carbocycles. The fraction of sp³-hybridized carbons (Fsp3) is 0.0714. The normalized spacial score (nSPS) is 9.24. The second-order valence-electron chi connectivity index (χ2n) is 3.57. The molecule has 0 spiro atoms. The number of carbonyl (C=O) groups excluding carboxylic acids is 1. The van der Waals surface area contributed by atoms with Gasteiger partial charge in [0.2, 0.25) is 0 Å². The summed E-state index contributed by atoms with van der Waals surface area (Å²) in [5, 5.41) is 0. The van der Waals surface area contributed by atoms with Crippen LogP contribution in [0.3, 0.4) is 0 Å². The predicted molar refractivity (Wildman–Crippen MR) is 64.6 cm³/mol. The van der Waals surface area contributed by atoms with E-state index in [4.69, 9.17) is 0 Å². The first-order valence-corrected chi connectivity index (χ1v) is 5.12. The molecule has 0 amide bonds. The summed E-state index contributed by atoms with van der Waals surface area (Å²) in [6.07, 6.45) is 5.58. The third kappa shape index (κ3) is 2.76. The van der Waals surface area contributed by atoms with Crippen molar-refractivity contribution in [3.8, 4) is 11.8 Å². The number of rotatable bonds is 1. The number of benzene rings is 1. The molecule has 0 atom stereocenters. The van der Waals surface area contributed by atoms with E-state index in [1.54, 1.807) is 24.5 Å². The Morgan fingerprint density at radius 1 is 1.18 bits per heavy atom. The number of nitrogens with zero attached hydrogens (tertiary/aromatic N) is 2. The minimum atomic E-state index is 0.629. The van der Waals surface area contributed by atoms with E-state index in [0.29, 0.717) is 5.56 Å². The molecule has 2 rings (SSSR count). The Balaban J connectivity index is 2.36. The van der Waals surface area contributed by atoms with Crippen molar-refractivity contribution in [1.82, 2.24) is 9.97 Å². The van der Waals surface area contributed by atoms with Crippen LogP contribution in [0.4, 0.5) is 0 Å². The fourth-order valence-corrected chi connectivity index (χ4v) is 1.35. The molecule has 0 saturated carbocycles. The molecule has 3 heteroatoms. The van der Waals surface area contributed by atoms with Crippen molar-refractivity contribution in [2.75, 3.05) is 0 Å². The minimum absolute atomic E-state index is 0.629. The van der Waals surface area contributed by atoms with Crippen molar-refractivity contribution in [2.24, 2.45) is 0 Å². The van der Waals surface area contributed by atoms with Crippen LogP contribution in [0.5, 0.6) is 0 Å². The summed E-state index contributed by atoms with van der Waals surface area (Å²) in [6.45, 7) is 1.96. The van der Waals surface area contributed by atoms with Crippen LogP contribution in [0.1, 0.15) is 27.0 Å². The second kappa shape index (κ2) is 5.04. The number of aromatic nitrogens is 2. The zero-order chi connectivity index (χ0) is 12.1. The van der Waals surface area contributed by atoms with Gasteiger partial charge in [-0.2, -0.15) is 0 Å². The lowest BCUT2D eigenvalue weighted by molar-refractivity contribution is 0.112. The zero-order valence-electron chi connectivity index (χ0n) is 9.34. The first kappa shape index (κ1) is 11.0. The van der Waals surface area contributed by atoms with E-state index in [2.05, 4.69) is 21.8 Å². The van der Waals surface area contributed by atoms with Crippen LogP contribution in [0.15, 0.2) is 36.9 Å². The summed E-state index contributed by atoms with van der Waals surface area (Å²) in [6, 6.07) is 5.44. The topological polar surface area (TPSA) is 42.9 Å². The Kier molecular flexibility index (Phi) is 3.27. The van der Waals surface area contributed by atoms with Gasteiger partial charge in [-0.25, -0.2) is 9.97 Å². The average Bonchev–Trinajstić information content (AvgIpc) is 2.39. The van der Waals surface area contributed by atoms with Gasteiger partial charge < -0.3 is 0 Å². The Morgan fingerprint density at radius 2 is 1.94 bits per heavy atom. The van der Waals surface area contributed by atoms with Crippen LogP contribution in [0.2, 0.25) is 0 Å². The lowest BCUT2D eigenvalue weighted by atomic mass is 10.1. The third-order valence-corrected chi connectivity index (χ3v) is 2.30. The molecule has 3 nitrogen and oxygen atoms in total. The van der Waals surface area contributed by atoms with E-state index in [9.17, 15) is 4.79 Å². The summed E-state index contributed by atoms with van der Waals surface area (Å²) in [4.78, 5) is 18.4. The highest BCUT2D eigenvalue weighted by molar-refractivity contribution is 5.76. The lowest BCUT2D eigenvalue weighted by Crippen LogP contribution is -1.87. The van der Waals surface area contributed by atoms with E-state index >= 15 is 0 Å². The molecule has 0 unspecified atom stereocenters. The maximum absolute atomic E-state index is 10.7. The number of aldehydes is 1. The highest BCUT2D eigenvalue weighted by atomic mass is 16.1. The van der Waals surface area contributed by atoms with Crippen molar-refractivity contribution in [3.05, 3.63) is 59.2 Å². The van der Waals surface area contributed by atoms with Crippen LogP contribution in [0, 0.1) is 18.8 Å². The molecule has 1 heterocycles. The first-order chi connectivity index (χ1) is 8.29. The Morgan fingerprint density at radius 3 is 2.65 bits per heavy atom. The van der Waals surface area contributed by atoms with Crippen LogP contribution in [-0.4, -0.2) is 16.3 Å². The molecule has 0 fully saturated rings. The van der Waals surface area contributed by atoms with Crippen molar-refractivity contribution >= 4 is 6.29 Å². The molecule has 1 aromatic heterocycles. The maximum atomic E-state index is 10.7. The second-order valence-corrected chi connectivity index (χ2v) is 3.57. The Hall–Kier alpha value is -2.47. The zero-order valence-corrected chi connectivity index (χ0v) is 9.34. The number of hydrogen-bond donors (Lipinski definition) is 0. The molecule has 0 bridgehead atoms. The minimum Gasteiger partial charge on any atom is -0.298 e. The first-order valence-electron chi connectivity index (χ1n) is 5.12. The molecule has 0 aliphatic heterocycles. The van der Waals surface area contributed by atoms with E-state index in [0.717, 1.165) is 23.0 Å². The van der Waals surface area contributed by atoms with Gasteiger partial charge in [-0.05, 0) is 18.6 Å². The third-order valence-electron chi connectivity index (χ3n) is 2.30. The van der Waals surface area contributed by atoms with E-state index < -0.39 is 0 Å². The summed E-state index contributed by atoms with van der Waals surface area (Å²) < 4.78 is 0. The SMILES string of the molecule is Cc1ccc(C=O)cc1C#Cc1cncnc1. The smallest absolute Gasteiger partial charge is 0.150 e. The largest absolute Gasteiger partial charge is 0.298 e. The van der Waals surface area contributed by atoms with Gasteiger partial charge in [0.25, 0.3) is 0 Å². The molecule has 2 aromatic rings. The van der Waals surface area contributed by atoms with Crippen molar-refractivity contribution in [2.45, 2.75) is 6.92 Å². The highest BCUT2D eigenvalue weighted by Crippen LogP contribution is 2.08. The average molecular weight is 222 g/mol. The van der Waals surface area contributed by atoms with Crippen LogP contribution >= 0.6 is 0 Å². The standard InChI is InChI=1S/C14H10N2O/c1-11-2-3-12(9-17)6-14(11)5-4-13-7-15-10-16-8-13/h2-3,6-10H,1H3. The monoisotopic (exact) mass is 222 g/mol. The van der Waals surface area contributed by atoms with E-state index in [1.165, 1.54) is 6.33 Å². The molecule has 0 radical (unpaired) electrons. The highest BCUT2D eigenvalue weighted by Gasteiger charge is 1.96. The van der Waals surface area contributed by atoms with Crippen LogP contribution < -0.4 is 0 Å². The molecular formula is C14H10N2O. The Bertz CT molecular complexity index is 595. The molecule has 0 saturated heterocycles. The Labute approximate surface area is 99.5 Å². The molecule has 0 aliphatic rings. The molecule has 82 valence electrons.